The summed E-state index contributed by atoms with van der Waals surface area (Å²) in [6.45, 7) is 13.8. The molecule has 0 amide bonds. The normalized spacial score (nSPS) is 13.3. The van der Waals surface area contributed by atoms with Gasteiger partial charge in [0, 0.05) is 5.54 Å². The van der Waals surface area contributed by atoms with Crippen molar-refractivity contribution in [2.24, 2.45) is 17.1 Å². The van der Waals surface area contributed by atoms with Crippen LogP contribution in [-0.4, -0.2) is 16.6 Å². The monoisotopic (exact) mass is 301 g/mol. The number of nitrogens with two attached hydrogens (primary N) is 1. The molecule has 0 rings (SSSR count). The lowest BCUT2D eigenvalue weighted by atomic mass is 9.86. The molecule has 0 aromatic rings. The van der Waals surface area contributed by atoms with Crippen LogP contribution in [0.25, 0.3) is 0 Å². The lowest BCUT2D eigenvalue weighted by Gasteiger charge is -2.27. The number of rotatable bonds is 8. The third-order valence-corrected chi connectivity index (χ3v) is 3.90. The maximum atomic E-state index is 10.0. The molecular formula is C18H39NO2. The molecule has 0 fully saturated rings. The van der Waals surface area contributed by atoms with Crippen molar-refractivity contribution in [3.05, 3.63) is 0 Å². The molecular weight excluding hydrogens is 262 g/mol. The fourth-order valence-electron chi connectivity index (χ4n) is 1.60. The van der Waals surface area contributed by atoms with Crippen LogP contribution in [-0.2, 0) is 4.79 Å². The highest BCUT2D eigenvalue weighted by molar-refractivity contribution is 5.72. The summed E-state index contributed by atoms with van der Waals surface area (Å²) < 4.78 is 0. The van der Waals surface area contributed by atoms with Crippen molar-refractivity contribution < 1.29 is 9.90 Å². The van der Waals surface area contributed by atoms with Crippen molar-refractivity contribution in [3.8, 4) is 0 Å². The van der Waals surface area contributed by atoms with Crippen LogP contribution in [0.15, 0.2) is 0 Å². The third kappa shape index (κ3) is 15.6. The van der Waals surface area contributed by atoms with Crippen molar-refractivity contribution >= 4 is 5.97 Å². The molecule has 128 valence electrons. The predicted octanol–water partition coefficient (Wildman–Crippen LogP) is 5.23. The van der Waals surface area contributed by atoms with E-state index in [1.807, 2.05) is 0 Å². The van der Waals surface area contributed by atoms with Gasteiger partial charge in [-0.2, -0.15) is 0 Å². The number of hydrogen-bond acceptors (Lipinski definition) is 2. The highest BCUT2D eigenvalue weighted by atomic mass is 16.4. The minimum atomic E-state index is -0.757. The van der Waals surface area contributed by atoms with E-state index < -0.39 is 11.4 Å². The summed E-state index contributed by atoms with van der Waals surface area (Å²) in [5.74, 6) is -0.110. The van der Waals surface area contributed by atoms with Gasteiger partial charge >= 0.3 is 5.97 Å². The van der Waals surface area contributed by atoms with Gasteiger partial charge < -0.3 is 10.8 Å². The topological polar surface area (TPSA) is 63.3 Å². The standard InChI is InChI=1S/C13H29N.C5H10O2/c1-5-6-7-8-9-10-11-12(2)13(3,4)14;1-5(2,3)4(6)7/h12H,5-11,14H2,1-4H3;1-3H3,(H,6,7). The first kappa shape index (κ1) is 22.7. The maximum Gasteiger partial charge on any atom is 0.308 e. The minimum Gasteiger partial charge on any atom is -0.481 e. The van der Waals surface area contributed by atoms with E-state index in [0.717, 1.165) is 0 Å². The van der Waals surface area contributed by atoms with Gasteiger partial charge in [-0.3, -0.25) is 4.79 Å². The van der Waals surface area contributed by atoms with E-state index in [2.05, 4.69) is 27.7 Å². The zero-order chi connectivity index (χ0) is 17.1. The molecule has 0 aromatic heterocycles. The predicted molar refractivity (Wildman–Crippen MR) is 92.5 cm³/mol. The van der Waals surface area contributed by atoms with E-state index in [4.69, 9.17) is 10.8 Å². The largest absolute Gasteiger partial charge is 0.481 e. The third-order valence-electron chi connectivity index (χ3n) is 3.90. The van der Waals surface area contributed by atoms with Crippen LogP contribution in [0.1, 0.15) is 93.4 Å². The Kier molecular flexibility index (Phi) is 12.0. The quantitative estimate of drug-likeness (QED) is 0.603. The van der Waals surface area contributed by atoms with Gasteiger partial charge in [0.2, 0.25) is 0 Å². The smallest absolute Gasteiger partial charge is 0.308 e. The molecule has 0 saturated heterocycles. The van der Waals surface area contributed by atoms with Gasteiger partial charge in [0.1, 0.15) is 0 Å². The van der Waals surface area contributed by atoms with Crippen LogP contribution in [0, 0.1) is 11.3 Å². The van der Waals surface area contributed by atoms with E-state index in [1.54, 1.807) is 20.8 Å². The summed E-state index contributed by atoms with van der Waals surface area (Å²) >= 11 is 0. The molecule has 21 heavy (non-hydrogen) atoms. The first-order valence-electron chi connectivity index (χ1n) is 8.45. The SMILES string of the molecule is CC(C)(C)C(=O)O.CCCCCCCCC(C)C(C)(C)N. The Morgan fingerprint density at radius 1 is 1.00 bits per heavy atom. The van der Waals surface area contributed by atoms with Gasteiger partial charge in [-0.25, -0.2) is 0 Å². The Morgan fingerprint density at radius 3 is 1.71 bits per heavy atom. The summed E-state index contributed by atoms with van der Waals surface area (Å²) in [6.07, 6.45) is 9.59. The summed E-state index contributed by atoms with van der Waals surface area (Å²) in [7, 11) is 0. The van der Waals surface area contributed by atoms with Crippen LogP contribution >= 0.6 is 0 Å². The van der Waals surface area contributed by atoms with Crippen LogP contribution in [0.5, 0.6) is 0 Å². The van der Waals surface area contributed by atoms with E-state index in [1.165, 1.54) is 44.9 Å². The van der Waals surface area contributed by atoms with Crippen LogP contribution in [0.3, 0.4) is 0 Å². The maximum absolute atomic E-state index is 10.0. The Hall–Kier alpha value is -0.570. The average Bonchev–Trinajstić information content (AvgIpc) is 2.31. The molecule has 0 aromatic carbocycles. The molecule has 0 aliphatic heterocycles. The summed E-state index contributed by atoms with van der Waals surface area (Å²) in [5, 5.41) is 8.25. The fraction of sp³-hybridized carbons (Fsp3) is 0.944. The van der Waals surface area contributed by atoms with Crippen molar-refractivity contribution in [2.45, 2.75) is 99.0 Å². The molecule has 1 atom stereocenters. The molecule has 1 unspecified atom stereocenters. The molecule has 3 heteroatoms. The number of carboxylic acid groups (broad SMARTS) is 1. The molecule has 0 radical (unpaired) electrons. The number of hydrogen-bond donors (Lipinski definition) is 2. The van der Waals surface area contributed by atoms with Gasteiger partial charge in [-0.05, 0) is 47.0 Å². The van der Waals surface area contributed by atoms with Gasteiger partial charge in [-0.1, -0.05) is 52.4 Å². The molecule has 0 saturated carbocycles. The van der Waals surface area contributed by atoms with Gasteiger partial charge in [0.05, 0.1) is 5.41 Å². The second-order valence-corrected chi connectivity index (χ2v) is 7.83. The Balaban J connectivity index is 0. The number of unbranched alkanes of at least 4 members (excludes halogenated alkanes) is 5. The van der Waals surface area contributed by atoms with E-state index in [0.29, 0.717) is 5.92 Å². The van der Waals surface area contributed by atoms with Crippen LogP contribution in [0.2, 0.25) is 0 Å². The highest BCUT2D eigenvalue weighted by Gasteiger charge is 2.19. The van der Waals surface area contributed by atoms with E-state index in [-0.39, 0.29) is 5.54 Å². The average molecular weight is 302 g/mol. The van der Waals surface area contributed by atoms with Gasteiger partial charge in [-0.15, -0.1) is 0 Å². The van der Waals surface area contributed by atoms with Crippen molar-refractivity contribution in [2.75, 3.05) is 0 Å². The van der Waals surface area contributed by atoms with E-state index in [9.17, 15) is 4.79 Å². The van der Waals surface area contributed by atoms with Gasteiger partial charge in [0.15, 0.2) is 0 Å². The zero-order valence-electron chi connectivity index (χ0n) is 15.5. The molecule has 0 aliphatic rings. The lowest BCUT2D eigenvalue weighted by molar-refractivity contribution is -0.145. The van der Waals surface area contributed by atoms with Crippen LogP contribution < -0.4 is 5.73 Å². The lowest BCUT2D eigenvalue weighted by Crippen LogP contribution is -2.39. The number of carboxylic acids is 1. The molecule has 3 nitrogen and oxygen atoms in total. The fourth-order valence-corrected chi connectivity index (χ4v) is 1.60. The van der Waals surface area contributed by atoms with Crippen molar-refractivity contribution in [3.63, 3.8) is 0 Å². The van der Waals surface area contributed by atoms with Gasteiger partial charge in [0.25, 0.3) is 0 Å². The Morgan fingerprint density at radius 2 is 1.38 bits per heavy atom. The molecule has 0 spiro atoms. The van der Waals surface area contributed by atoms with E-state index >= 15 is 0 Å². The number of carbonyl (C=O) groups is 1. The molecule has 0 bridgehead atoms. The first-order chi connectivity index (χ1) is 9.42. The number of aliphatic carboxylic acids is 1. The van der Waals surface area contributed by atoms with Crippen LogP contribution in [0.4, 0.5) is 0 Å². The Bertz CT molecular complexity index is 261. The summed E-state index contributed by atoms with van der Waals surface area (Å²) in [4.78, 5) is 10.0. The molecule has 0 aliphatic carbocycles. The first-order valence-corrected chi connectivity index (χ1v) is 8.45. The second-order valence-electron chi connectivity index (χ2n) is 7.83. The zero-order valence-corrected chi connectivity index (χ0v) is 15.5. The van der Waals surface area contributed by atoms with Crippen molar-refractivity contribution in [1.29, 1.82) is 0 Å². The summed E-state index contributed by atoms with van der Waals surface area (Å²) in [5.41, 5.74) is 5.46. The van der Waals surface area contributed by atoms with Crippen molar-refractivity contribution in [1.82, 2.24) is 0 Å². The minimum absolute atomic E-state index is 0.00339. The molecule has 3 N–H and O–H groups in total. The highest BCUT2D eigenvalue weighted by Crippen LogP contribution is 2.20. The molecule has 0 heterocycles. The summed E-state index contributed by atoms with van der Waals surface area (Å²) in [6, 6.07) is 0. The Labute approximate surface area is 132 Å². The second kappa shape index (κ2) is 11.1.